The molecule has 7 nitrogen and oxygen atoms in total. The van der Waals surface area contributed by atoms with E-state index in [0.29, 0.717) is 22.4 Å². The van der Waals surface area contributed by atoms with Gasteiger partial charge in [0, 0.05) is 25.8 Å². The summed E-state index contributed by atoms with van der Waals surface area (Å²) in [5, 5.41) is 5.24. The van der Waals surface area contributed by atoms with E-state index in [1.165, 1.54) is 6.20 Å². The lowest BCUT2D eigenvalue weighted by molar-refractivity contribution is -0.144. The zero-order valence-corrected chi connectivity index (χ0v) is 18.3. The molecule has 0 spiro atoms. The zero-order valence-electron chi connectivity index (χ0n) is 17.4. The second-order valence-corrected chi connectivity index (χ2v) is 8.46. The zero-order chi connectivity index (χ0) is 24.9. The molecule has 0 aliphatic carbocycles. The molecule has 0 radical (unpaired) electrons. The number of carbonyl (C=O) groups excluding carboxylic acids is 2. The Balaban J connectivity index is 1.51. The molecule has 3 aromatic rings. The first-order valence-electron chi connectivity index (χ1n) is 9.98. The summed E-state index contributed by atoms with van der Waals surface area (Å²) in [4.78, 5) is 35.1. The van der Waals surface area contributed by atoms with Crippen molar-refractivity contribution in [3.05, 3.63) is 45.7 Å². The fourth-order valence-electron chi connectivity index (χ4n) is 2.88. The minimum absolute atomic E-state index is 0.0206. The average Bonchev–Trinajstić information content (AvgIpc) is 3.38. The molecule has 2 heterocycles. The number of halogens is 6. The number of nitrogens with one attached hydrogen (secondary N) is 3. The molecule has 14 heteroatoms. The van der Waals surface area contributed by atoms with Crippen molar-refractivity contribution < 1.29 is 35.9 Å². The normalized spacial score (nSPS) is 12.2. The van der Waals surface area contributed by atoms with E-state index in [2.05, 4.69) is 25.6 Å². The Morgan fingerprint density at radius 1 is 1.00 bits per heavy atom. The highest BCUT2D eigenvalue weighted by Gasteiger charge is 2.28. The third-order valence-electron chi connectivity index (χ3n) is 4.54. The first-order valence-corrected chi connectivity index (χ1v) is 10.8. The van der Waals surface area contributed by atoms with Gasteiger partial charge in [-0.25, -0.2) is 9.97 Å². The van der Waals surface area contributed by atoms with Crippen LogP contribution >= 0.6 is 11.3 Å². The van der Waals surface area contributed by atoms with Gasteiger partial charge < -0.3 is 15.6 Å². The van der Waals surface area contributed by atoms with Crippen LogP contribution < -0.4 is 10.6 Å². The molecule has 0 saturated heterocycles. The number of rotatable bonds is 9. The van der Waals surface area contributed by atoms with Crippen LogP contribution in [0.25, 0.3) is 11.0 Å². The van der Waals surface area contributed by atoms with Gasteiger partial charge in [-0.2, -0.15) is 26.3 Å². The predicted octanol–water partition coefficient (Wildman–Crippen LogP) is 4.40. The van der Waals surface area contributed by atoms with E-state index in [-0.39, 0.29) is 29.4 Å². The largest absolute Gasteiger partial charge is 0.389 e. The number of imidazole rings is 1. The van der Waals surface area contributed by atoms with Crippen molar-refractivity contribution in [3.63, 3.8) is 0 Å². The quantitative estimate of drug-likeness (QED) is 0.374. The van der Waals surface area contributed by atoms with E-state index in [0.717, 1.165) is 11.3 Å². The summed E-state index contributed by atoms with van der Waals surface area (Å²) in [6.45, 7) is 0.0621. The summed E-state index contributed by atoms with van der Waals surface area (Å²) in [6, 6.07) is 4.99. The predicted molar refractivity (Wildman–Crippen MR) is 111 cm³/mol. The summed E-state index contributed by atoms with van der Waals surface area (Å²) in [7, 11) is 0. The number of aromatic nitrogens is 3. The number of hydrogen-bond donors (Lipinski definition) is 3. The summed E-state index contributed by atoms with van der Waals surface area (Å²) in [6.07, 6.45) is -10.6. The van der Waals surface area contributed by atoms with Crippen LogP contribution in [-0.4, -0.2) is 39.1 Å². The molecule has 0 unspecified atom stereocenters. The third kappa shape index (κ3) is 8.01. The number of H-pyrrole nitrogens is 1. The van der Waals surface area contributed by atoms with Gasteiger partial charge in [-0.1, -0.05) is 6.07 Å². The van der Waals surface area contributed by atoms with Gasteiger partial charge in [-0.05, 0) is 17.7 Å². The third-order valence-corrected chi connectivity index (χ3v) is 5.59. The molecular formula is C20H19F6N5O2S. The molecule has 2 amide bonds. The Hall–Kier alpha value is -3.16. The summed E-state index contributed by atoms with van der Waals surface area (Å²) in [5.74, 6) is -0.801. The molecule has 2 aromatic heterocycles. The fraction of sp³-hybridized carbons (Fsp3) is 0.400. The van der Waals surface area contributed by atoms with E-state index < -0.39 is 43.4 Å². The lowest BCUT2D eigenvalue weighted by atomic mass is 10.2. The number of nitrogens with zero attached hydrogens (tertiary/aromatic N) is 2. The van der Waals surface area contributed by atoms with Crippen LogP contribution in [0.2, 0.25) is 0 Å². The number of aryl methyl sites for hydroxylation is 1. The van der Waals surface area contributed by atoms with Gasteiger partial charge in [-0.3, -0.25) is 9.59 Å². The Morgan fingerprint density at radius 2 is 1.74 bits per heavy atom. The molecule has 3 N–H and O–H groups in total. The number of benzene rings is 1. The van der Waals surface area contributed by atoms with Gasteiger partial charge in [0.05, 0.1) is 35.2 Å². The number of amides is 2. The fourth-order valence-corrected chi connectivity index (χ4v) is 3.71. The number of fused-ring (bicyclic) bond motifs is 1. The van der Waals surface area contributed by atoms with Crippen LogP contribution in [0.3, 0.4) is 0 Å². The lowest BCUT2D eigenvalue weighted by Gasteiger charge is -2.07. The van der Waals surface area contributed by atoms with Gasteiger partial charge in [-0.15, -0.1) is 11.3 Å². The average molecular weight is 507 g/mol. The topological polar surface area (TPSA) is 99.8 Å². The Morgan fingerprint density at radius 3 is 2.44 bits per heavy atom. The smallest absolute Gasteiger partial charge is 0.352 e. The Labute approximate surface area is 193 Å². The molecule has 3 rings (SSSR count). The van der Waals surface area contributed by atoms with Gasteiger partial charge in [0.1, 0.15) is 10.7 Å². The van der Waals surface area contributed by atoms with Crippen LogP contribution in [0.4, 0.5) is 26.3 Å². The molecule has 34 heavy (non-hydrogen) atoms. The lowest BCUT2D eigenvalue weighted by Crippen LogP contribution is -2.24. The summed E-state index contributed by atoms with van der Waals surface area (Å²) < 4.78 is 73.5. The van der Waals surface area contributed by atoms with Crippen molar-refractivity contribution in [2.75, 3.05) is 0 Å². The molecule has 0 aliphatic heterocycles. The Kier molecular flexibility index (Phi) is 7.79. The maximum atomic E-state index is 12.3. The minimum Gasteiger partial charge on any atom is -0.352 e. The van der Waals surface area contributed by atoms with Crippen LogP contribution in [-0.2, 0) is 24.3 Å². The van der Waals surface area contributed by atoms with Crippen LogP contribution in [0.1, 0.15) is 45.3 Å². The van der Waals surface area contributed by atoms with Gasteiger partial charge in [0.2, 0.25) is 5.91 Å². The van der Waals surface area contributed by atoms with E-state index in [1.807, 2.05) is 0 Å². The second kappa shape index (κ2) is 10.4. The van der Waals surface area contributed by atoms with E-state index in [1.54, 1.807) is 18.2 Å². The number of hydrogen-bond acceptors (Lipinski definition) is 5. The standard InChI is InChI=1S/C20H19F6N5O2S/c21-19(22,23)5-3-16(32)27-8-11-1-2-12-13(7-11)31-15(30-12)10-29-18(33)14-9-28-17(34-14)4-6-20(24,25)26/h1-2,7,9H,3-6,8,10H2,(H,27,32)(H,29,33)(H,30,31). The van der Waals surface area contributed by atoms with Crippen molar-refractivity contribution in [1.82, 2.24) is 25.6 Å². The van der Waals surface area contributed by atoms with Crippen molar-refractivity contribution in [3.8, 4) is 0 Å². The van der Waals surface area contributed by atoms with Gasteiger partial charge in [0.25, 0.3) is 5.91 Å². The van der Waals surface area contributed by atoms with Crippen molar-refractivity contribution in [1.29, 1.82) is 0 Å². The molecule has 1 aromatic carbocycles. The minimum atomic E-state index is -4.40. The molecule has 0 aliphatic rings. The van der Waals surface area contributed by atoms with Gasteiger partial charge >= 0.3 is 12.4 Å². The van der Waals surface area contributed by atoms with E-state index in [4.69, 9.17) is 0 Å². The van der Waals surface area contributed by atoms with Crippen molar-refractivity contribution >= 4 is 34.2 Å². The number of carbonyl (C=O) groups is 2. The molecule has 184 valence electrons. The highest BCUT2D eigenvalue weighted by atomic mass is 32.1. The molecular weight excluding hydrogens is 488 g/mol. The Bertz CT molecular complexity index is 1150. The van der Waals surface area contributed by atoms with Crippen LogP contribution in [0.15, 0.2) is 24.4 Å². The van der Waals surface area contributed by atoms with Crippen LogP contribution in [0.5, 0.6) is 0 Å². The summed E-state index contributed by atoms with van der Waals surface area (Å²) >= 11 is 0.886. The maximum absolute atomic E-state index is 12.3. The maximum Gasteiger partial charge on any atom is 0.389 e. The molecule has 0 atom stereocenters. The van der Waals surface area contributed by atoms with Crippen molar-refractivity contribution in [2.45, 2.75) is 51.1 Å². The first-order chi connectivity index (χ1) is 15.9. The monoisotopic (exact) mass is 507 g/mol. The molecule has 0 saturated carbocycles. The van der Waals surface area contributed by atoms with E-state index in [9.17, 15) is 35.9 Å². The first kappa shape index (κ1) is 25.5. The second-order valence-electron chi connectivity index (χ2n) is 7.34. The number of thiazole rings is 1. The highest BCUT2D eigenvalue weighted by Crippen LogP contribution is 2.24. The molecule has 0 bridgehead atoms. The SMILES string of the molecule is O=C(CCC(F)(F)F)NCc1ccc2nc(CNC(=O)c3cnc(CCC(F)(F)F)s3)[nH]c2c1. The summed E-state index contributed by atoms with van der Waals surface area (Å²) in [5.41, 5.74) is 1.81. The highest BCUT2D eigenvalue weighted by molar-refractivity contribution is 7.13. The van der Waals surface area contributed by atoms with Gasteiger partial charge in [0.15, 0.2) is 0 Å². The van der Waals surface area contributed by atoms with Crippen LogP contribution in [0, 0.1) is 0 Å². The number of alkyl halides is 6. The van der Waals surface area contributed by atoms with Crippen molar-refractivity contribution in [2.24, 2.45) is 0 Å². The van der Waals surface area contributed by atoms with E-state index >= 15 is 0 Å². The molecule has 0 fully saturated rings. The number of aromatic amines is 1.